The first-order valence-electron chi connectivity index (χ1n) is 4.73. The van der Waals surface area contributed by atoms with Crippen molar-refractivity contribution in [3.8, 4) is 0 Å². The first kappa shape index (κ1) is 17.3. The van der Waals surface area contributed by atoms with Gasteiger partial charge < -0.3 is 10.2 Å². The van der Waals surface area contributed by atoms with E-state index in [9.17, 15) is 43.9 Å². The van der Waals surface area contributed by atoms with Gasteiger partial charge in [-0.1, -0.05) is 0 Å². The summed E-state index contributed by atoms with van der Waals surface area (Å²) in [5.41, 5.74) is -12.1. The molecule has 1 fully saturated rings. The van der Waals surface area contributed by atoms with Gasteiger partial charge in [-0.2, -0.15) is 35.1 Å². The Kier molecular flexibility index (Phi) is 3.37. The summed E-state index contributed by atoms with van der Waals surface area (Å²) in [4.78, 5) is 0. The summed E-state index contributed by atoms with van der Waals surface area (Å²) >= 11 is 0. The van der Waals surface area contributed by atoms with Crippen molar-refractivity contribution in [1.29, 1.82) is 0 Å². The Labute approximate surface area is 104 Å². The van der Waals surface area contributed by atoms with Crippen LogP contribution in [0.25, 0.3) is 0 Å². The summed E-state index contributed by atoms with van der Waals surface area (Å²) in [6.45, 7) is -6.16. The van der Waals surface area contributed by atoms with Crippen molar-refractivity contribution in [2.75, 3.05) is 13.2 Å². The van der Waals surface area contributed by atoms with Crippen molar-refractivity contribution in [2.45, 2.75) is 35.0 Å². The molecule has 12 heteroatoms. The average molecular weight is 324 g/mol. The van der Waals surface area contributed by atoms with Gasteiger partial charge in [-0.25, -0.2) is 8.78 Å². The van der Waals surface area contributed by atoms with E-state index in [1.54, 1.807) is 0 Å². The molecule has 2 N–H and O–H groups in total. The van der Waals surface area contributed by atoms with Gasteiger partial charge in [0.05, 0.1) is 13.2 Å². The Bertz CT molecular complexity index is 376. The molecule has 0 aromatic rings. The Morgan fingerprint density at radius 1 is 0.450 bits per heavy atom. The zero-order chi connectivity index (χ0) is 16.4. The highest BCUT2D eigenvalue weighted by Gasteiger charge is 2.99. The summed E-state index contributed by atoms with van der Waals surface area (Å²) in [6.07, 6.45) is 0. The molecule has 120 valence electrons. The van der Waals surface area contributed by atoms with Gasteiger partial charge in [-0.3, -0.25) is 0 Å². The second kappa shape index (κ2) is 3.90. The van der Waals surface area contributed by atoms with Gasteiger partial charge >= 0.3 is 23.7 Å². The van der Waals surface area contributed by atoms with E-state index >= 15 is 0 Å². The number of aliphatic hydroxyl groups is 2. The topological polar surface area (TPSA) is 40.5 Å². The zero-order valence-electron chi connectivity index (χ0n) is 9.09. The highest BCUT2D eigenvalue weighted by molar-refractivity contribution is 5.29. The fraction of sp³-hybridized carbons (Fsp3) is 1.00. The molecule has 2 unspecified atom stereocenters. The van der Waals surface area contributed by atoms with Crippen molar-refractivity contribution < 1.29 is 54.1 Å². The maximum absolute atomic E-state index is 13.5. The molecule has 1 rings (SSSR count). The largest absolute Gasteiger partial charge is 0.393 e. The second-order valence-electron chi connectivity index (χ2n) is 4.22. The van der Waals surface area contributed by atoms with E-state index < -0.39 is 48.2 Å². The standard InChI is InChI=1S/C8H6F10O2/c9-3(1-19)5(11,12)4(10,2-20)7(15,16)8(17,18)6(3,13)14/h19-20H,1-2H2. The summed E-state index contributed by atoms with van der Waals surface area (Å²) in [5.74, 6) is -27.0. The van der Waals surface area contributed by atoms with Crippen LogP contribution in [0.4, 0.5) is 43.9 Å². The van der Waals surface area contributed by atoms with Crippen LogP contribution in [-0.4, -0.2) is 58.5 Å². The summed E-state index contributed by atoms with van der Waals surface area (Å²) in [6, 6.07) is 0. The predicted molar refractivity (Wildman–Crippen MR) is 41.6 cm³/mol. The highest BCUT2D eigenvalue weighted by Crippen LogP contribution is 2.68. The molecule has 0 saturated heterocycles. The first-order chi connectivity index (χ1) is 8.62. The quantitative estimate of drug-likeness (QED) is 0.762. The van der Waals surface area contributed by atoms with Crippen LogP contribution in [0, 0.1) is 0 Å². The third-order valence-electron chi connectivity index (χ3n) is 3.22. The lowest BCUT2D eigenvalue weighted by Gasteiger charge is -2.54. The lowest BCUT2D eigenvalue weighted by Crippen LogP contribution is -2.86. The third kappa shape index (κ3) is 1.29. The molecule has 0 aliphatic heterocycles. The van der Waals surface area contributed by atoms with E-state index in [1.807, 2.05) is 0 Å². The van der Waals surface area contributed by atoms with Gasteiger partial charge in [0.15, 0.2) is 0 Å². The van der Waals surface area contributed by atoms with Crippen LogP contribution in [0.2, 0.25) is 0 Å². The molecular formula is C8H6F10O2. The number of hydrogen-bond donors (Lipinski definition) is 2. The van der Waals surface area contributed by atoms with E-state index in [0.29, 0.717) is 0 Å². The first-order valence-corrected chi connectivity index (χ1v) is 4.73. The van der Waals surface area contributed by atoms with E-state index in [0.717, 1.165) is 0 Å². The Morgan fingerprint density at radius 3 is 0.900 bits per heavy atom. The smallest absolute Gasteiger partial charge is 0.379 e. The number of halogens is 10. The molecule has 0 radical (unpaired) electrons. The molecule has 0 spiro atoms. The minimum atomic E-state index is -6.92. The maximum atomic E-state index is 13.5. The average Bonchev–Trinajstić information content (AvgIpc) is 2.33. The van der Waals surface area contributed by atoms with Crippen molar-refractivity contribution in [3.63, 3.8) is 0 Å². The third-order valence-corrected chi connectivity index (χ3v) is 3.22. The summed E-state index contributed by atoms with van der Waals surface area (Å²) in [7, 11) is 0. The summed E-state index contributed by atoms with van der Waals surface area (Å²) in [5, 5.41) is 16.4. The van der Waals surface area contributed by atoms with Crippen LogP contribution in [0.1, 0.15) is 0 Å². The van der Waals surface area contributed by atoms with Crippen LogP contribution < -0.4 is 0 Å². The van der Waals surface area contributed by atoms with Crippen molar-refractivity contribution in [1.82, 2.24) is 0 Å². The molecule has 0 amide bonds. The lowest BCUT2D eigenvalue weighted by molar-refractivity contribution is -0.466. The molecule has 0 aromatic carbocycles. The molecule has 20 heavy (non-hydrogen) atoms. The number of hydrogen-bond acceptors (Lipinski definition) is 2. The lowest BCUT2D eigenvalue weighted by atomic mass is 9.67. The molecule has 1 aliphatic carbocycles. The minimum absolute atomic E-state index is 3.08. The normalized spacial score (nSPS) is 41.4. The Morgan fingerprint density at radius 2 is 0.700 bits per heavy atom. The van der Waals surface area contributed by atoms with Crippen molar-refractivity contribution in [3.05, 3.63) is 0 Å². The minimum Gasteiger partial charge on any atom is -0.393 e. The van der Waals surface area contributed by atoms with Gasteiger partial charge in [0, 0.05) is 0 Å². The monoisotopic (exact) mass is 324 g/mol. The molecular weight excluding hydrogens is 318 g/mol. The van der Waals surface area contributed by atoms with E-state index in [2.05, 4.69) is 0 Å². The van der Waals surface area contributed by atoms with Crippen LogP contribution in [0.5, 0.6) is 0 Å². The molecule has 0 aromatic heterocycles. The van der Waals surface area contributed by atoms with E-state index in [4.69, 9.17) is 10.2 Å². The molecule has 1 saturated carbocycles. The molecule has 0 heterocycles. The SMILES string of the molecule is OCC1(F)C(F)(F)C(F)(F)C(F)(F)C(F)(CO)C1(F)F. The van der Waals surface area contributed by atoms with Crippen LogP contribution in [0.3, 0.4) is 0 Å². The molecule has 1 aliphatic rings. The predicted octanol–water partition coefficient (Wildman–Crippen LogP) is 1.94. The van der Waals surface area contributed by atoms with Crippen LogP contribution >= 0.6 is 0 Å². The van der Waals surface area contributed by atoms with Crippen molar-refractivity contribution in [2.24, 2.45) is 0 Å². The van der Waals surface area contributed by atoms with E-state index in [1.165, 1.54) is 0 Å². The Balaban J connectivity index is 3.81. The highest BCUT2D eigenvalue weighted by atomic mass is 19.4. The maximum Gasteiger partial charge on any atom is 0.379 e. The fourth-order valence-corrected chi connectivity index (χ4v) is 1.80. The van der Waals surface area contributed by atoms with Crippen molar-refractivity contribution >= 4 is 0 Å². The molecule has 2 atom stereocenters. The molecule has 2 nitrogen and oxygen atoms in total. The second-order valence-corrected chi connectivity index (χ2v) is 4.22. The van der Waals surface area contributed by atoms with Gasteiger partial charge in [-0.15, -0.1) is 0 Å². The number of aliphatic hydroxyl groups excluding tert-OH is 2. The summed E-state index contributed by atoms with van der Waals surface area (Å²) < 4.78 is 131. The van der Waals surface area contributed by atoms with Crippen LogP contribution in [-0.2, 0) is 0 Å². The van der Waals surface area contributed by atoms with Gasteiger partial charge in [-0.05, 0) is 0 Å². The Hall–Kier alpha value is -0.780. The fourth-order valence-electron chi connectivity index (χ4n) is 1.80. The molecule has 0 bridgehead atoms. The van der Waals surface area contributed by atoms with E-state index in [-0.39, 0.29) is 0 Å². The van der Waals surface area contributed by atoms with Crippen LogP contribution in [0.15, 0.2) is 0 Å². The van der Waals surface area contributed by atoms with Gasteiger partial charge in [0.25, 0.3) is 11.3 Å². The number of rotatable bonds is 2. The van der Waals surface area contributed by atoms with Gasteiger partial charge in [0.2, 0.25) is 0 Å². The number of alkyl halides is 10. The zero-order valence-corrected chi connectivity index (χ0v) is 9.09. The van der Waals surface area contributed by atoms with Gasteiger partial charge in [0.1, 0.15) is 0 Å².